The van der Waals surface area contributed by atoms with Crippen molar-refractivity contribution in [3.8, 4) is 0 Å². The Morgan fingerprint density at radius 1 is 1.14 bits per heavy atom. The molecular formula is C28H36N6O3. The number of rotatable bonds is 7. The zero-order chi connectivity index (χ0) is 25.9. The molecule has 0 bridgehead atoms. The number of pyridine rings is 2. The molecular weight excluding hydrogens is 468 g/mol. The van der Waals surface area contributed by atoms with Crippen molar-refractivity contribution in [2.24, 2.45) is 0 Å². The summed E-state index contributed by atoms with van der Waals surface area (Å²) in [5.41, 5.74) is 3.17. The van der Waals surface area contributed by atoms with Crippen LogP contribution in [0.15, 0.2) is 35.6 Å². The van der Waals surface area contributed by atoms with Crippen molar-refractivity contribution in [3.05, 3.63) is 52.3 Å². The summed E-state index contributed by atoms with van der Waals surface area (Å²) in [7, 11) is 0. The number of morpholine rings is 1. The Morgan fingerprint density at radius 2 is 1.89 bits per heavy atom. The van der Waals surface area contributed by atoms with Gasteiger partial charge in [0.25, 0.3) is 5.56 Å². The third-order valence-electron chi connectivity index (χ3n) is 7.21. The number of hydrogen-bond acceptors (Lipinski definition) is 8. The average Bonchev–Trinajstić information content (AvgIpc) is 3.40. The number of hydrogen-bond donors (Lipinski definition) is 1. The summed E-state index contributed by atoms with van der Waals surface area (Å²) >= 11 is 0. The van der Waals surface area contributed by atoms with E-state index in [0.717, 1.165) is 55.4 Å². The summed E-state index contributed by atoms with van der Waals surface area (Å²) in [4.78, 5) is 29.9. The highest BCUT2D eigenvalue weighted by Gasteiger charge is 2.25. The first-order valence-electron chi connectivity index (χ1n) is 13.3. The largest absolute Gasteiger partial charge is 0.501 e. The van der Waals surface area contributed by atoms with Gasteiger partial charge >= 0.3 is 0 Å². The van der Waals surface area contributed by atoms with E-state index in [1.54, 1.807) is 18.5 Å². The molecule has 1 N–H and O–H groups in total. The Labute approximate surface area is 217 Å². The Balaban J connectivity index is 1.46. The molecule has 4 heterocycles. The zero-order valence-corrected chi connectivity index (χ0v) is 22.1. The summed E-state index contributed by atoms with van der Waals surface area (Å²) in [5, 5.41) is 4.10. The smallest absolute Gasteiger partial charge is 0.260 e. The molecule has 3 aromatic rings. The SMILES string of the molecule is CCOC=Cc1c(C)c2cnc(Nc3ccc(N4CC(C)OC(C)C4)cn3)nc2n(C2CCCC2)c1=O. The molecule has 0 amide bonds. The summed E-state index contributed by atoms with van der Waals surface area (Å²) in [6, 6.07) is 4.12. The number of anilines is 3. The molecule has 0 aromatic carbocycles. The van der Waals surface area contributed by atoms with Crippen LogP contribution >= 0.6 is 0 Å². The maximum Gasteiger partial charge on any atom is 0.260 e. The molecule has 1 saturated heterocycles. The second-order valence-electron chi connectivity index (χ2n) is 10.0. The molecule has 2 atom stereocenters. The number of aromatic nitrogens is 4. The molecule has 1 saturated carbocycles. The maximum absolute atomic E-state index is 13.6. The fourth-order valence-corrected chi connectivity index (χ4v) is 5.47. The Morgan fingerprint density at radius 3 is 2.57 bits per heavy atom. The van der Waals surface area contributed by atoms with Crippen LogP contribution in [0.2, 0.25) is 0 Å². The van der Waals surface area contributed by atoms with Crippen LogP contribution in [0.5, 0.6) is 0 Å². The van der Waals surface area contributed by atoms with Crippen molar-refractivity contribution in [1.82, 2.24) is 19.5 Å². The number of aryl methyl sites for hydroxylation is 1. The Bertz CT molecular complexity index is 1320. The van der Waals surface area contributed by atoms with Crippen molar-refractivity contribution < 1.29 is 9.47 Å². The molecule has 5 rings (SSSR count). The summed E-state index contributed by atoms with van der Waals surface area (Å²) in [6.45, 7) is 10.3. The van der Waals surface area contributed by atoms with Crippen LogP contribution in [-0.4, -0.2) is 51.4 Å². The second kappa shape index (κ2) is 10.9. The molecule has 0 spiro atoms. The number of fused-ring (bicyclic) bond motifs is 1. The van der Waals surface area contributed by atoms with Crippen LogP contribution in [-0.2, 0) is 9.47 Å². The Kier molecular flexibility index (Phi) is 7.41. The van der Waals surface area contributed by atoms with Crippen molar-refractivity contribution >= 4 is 34.6 Å². The first-order chi connectivity index (χ1) is 17.9. The fourth-order valence-electron chi connectivity index (χ4n) is 5.47. The van der Waals surface area contributed by atoms with Gasteiger partial charge in [0.05, 0.1) is 37.0 Å². The number of nitrogens with zero attached hydrogens (tertiary/aromatic N) is 5. The summed E-state index contributed by atoms with van der Waals surface area (Å²) < 4.78 is 13.1. The average molecular weight is 505 g/mol. The number of nitrogens with one attached hydrogen (secondary N) is 1. The van der Waals surface area contributed by atoms with Gasteiger partial charge < -0.3 is 19.7 Å². The van der Waals surface area contributed by atoms with E-state index in [0.29, 0.717) is 29.6 Å². The van der Waals surface area contributed by atoms with Crippen LogP contribution in [0.4, 0.5) is 17.5 Å². The normalized spacial score (nSPS) is 20.7. The van der Waals surface area contributed by atoms with Gasteiger partial charge in [0.15, 0.2) is 0 Å². The highest BCUT2D eigenvalue weighted by atomic mass is 16.5. The predicted molar refractivity (Wildman–Crippen MR) is 146 cm³/mol. The van der Waals surface area contributed by atoms with Crippen molar-refractivity contribution in [2.75, 3.05) is 29.9 Å². The highest BCUT2D eigenvalue weighted by Crippen LogP contribution is 2.32. The van der Waals surface area contributed by atoms with E-state index >= 15 is 0 Å². The third kappa shape index (κ3) is 5.32. The molecule has 2 aliphatic rings. The minimum absolute atomic E-state index is 0.0334. The van der Waals surface area contributed by atoms with Gasteiger partial charge in [-0.1, -0.05) is 12.8 Å². The molecule has 3 aromatic heterocycles. The van der Waals surface area contributed by atoms with Crippen LogP contribution in [0.1, 0.15) is 63.6 Å². The van der Waals surface area contributed by atoms with E-state index in [1.807, 2.05) is 30.7 Å². The minimum Gasteiger partial charge on any atom is -0.501 e. The lowest BCUT2D eigenvalue weighted by atomic mass is 10.1. The zero-order valence-electron chi connectivity index (χ0n) is 22.1. The van der Waals surface area contributed by atoms with Crippen molar-refractivity contribution in [2.45, 2.75) is 71.6 Å². The summed E-state index contributed by atoms with van der Waals surface area (Å²) in [6.07, 6.45) is 11.6. The fraction of sp³-hybridized carbons (Fsp3) is 0.500. The van der Waals surface area contributed by atoms with Gasteiger partial charge in [0.1, 0.15) is 11.5 Å². The van der Waals surface area contributed by atoms with Crippen LogP contribution in [0.25, 0.3) is 17.1 Å². The van der Waals surface area contributed by atoms with Crippen molar-refractivity contribution in [1.29, 1.82) is 0 Å². The first kappa shape index (κ1) is 25.2. The quantitative estimate of drug-likeness (QED) is 0.451. The van der Waals surface area contributed by atoms with Gasteiger partial charge in [0.2, 0.25) is 5.95 Å². The lowest BCUT2D eigenvalue weighted by molar-refractivity contribution is -0.00523. The van der Waals surface area contributed by atoms with Gasteiger partial charge in [-0.05, 0) is 64.3 Å². The molecule has 0 radical (unpaired) electrons. The lowest BCUT2D eigenvalue weighted by Gasteiger charge is -2.36. The second-order valence-corrected chi connectivity index (χ2v) is 10.0. The molecule has 2 unspecified atom stereocenters. The van der Waals surface area contributed by atoms with Crippen molar-refractivity contribution in [3.63, 3.8) is 0 Å². The van der Waals surface area contributed by atoms with Gasteiger partial charge in [-0.15, -0.1) is 0 Å². The molecule has 9 nitrogen and oxygen atoms in total. The lowest BCUT2D eigenvalue weighted by Crippen LogP contribution is -2.45. The Hall–Kier alpha value is -3.46. The maximum atomic E-state index is 13.6. The first-order valence-corrected chi connectivity index (χ1v) is 13.3. The van der Waals surface area contributed by atoms with E-state index in [2.05, 4.69) is 40.1 Å². The molecule has 1 aliphatic carbocycles. The van der Waals surface area contributed by atoms with Crippen LogP contribution in [0.3, 0.4) is 0 Å². The molecule has 1 aliphatic heterocycles. The highest BCUT2D eigenvalue weighted by molar-refractivity contribution is 5.83. The molecule has 196 valence electrons. The van der Waals surface area contributed by atoms with Gasteiger partial charge in [-0.25, -0.2) is 9.97 Å². The number of ether oxygens (including phenoxy) is 2. The van der Waals surface area contributed by atoms with E-state index in [9.17, 15) is 4.79 Å². The van der Waals surface area contributed by atoms with E-state index < -0.39 is 0 Å². The van der Waals surface area contributed by atoms with E-state index in [1.165, 1.54) is 0 Å². The minimum atomic E-state index is -0.0334. The van der Waals surface area contributed by atoms with Gasteiger partial charge in [-0.2, -0.15) is 4.98 Å². The van der Waals surface area contributed by atoms with Crippen LogP contribution in [0, 0.1) is 6.92 Å². The molecule has 37 heavy (non-hydrogen) atoms. The van der Waals surface area contributed by atoms with Crippen LogP contribution < -0.4 is 15.8 Å². The van der Waals surface area contributed by atoms with E-state index in [4.69, 9.17) is 14.5 Å². The van der Waals surface area contributed by atoms with Gasteiger partial charge in [0, 0.05) is 36.3 Å². The molecule has 9 heteroatoms. The monoisotopic (exact) mass is 504 g/mol. The standard InChI is InChI=1S/C28H36N6O3/c1-5-36-13-12-23-20(4)24-15-30-28(32-26(24)34(27(23)35)21-8-6-7-9-21)31-25-11-10-22(14-29-25)33-16-18(2)37-19(3)17-33/h10-15,18-19,21H,5-9,16-17H2,1-4H3,(H,29,30,31,32). The third-order valence-corrected chi connectivity index (χ3v) is 7.21. The summed E-state index contributed by atoms with van der Waals surface area (Å²) in [5.74, 6) is 1.07. The molecule has 2 fully saturated rings. The topological polar surface area (TPSA) is 94.4 Å². The predicted octanol–water partition coefficient (Wildman–Crippen LogP) is 4.97. The van der Waals surface area contributed by atoms with E-state index in [-0.39, 0.29) is 23.8 Å². The van der Waals surface area contributed by atoms with Gasteiger partial charge in [-0.3, -0.25) is 9.36 Å².